The van der Waals surface area contributed by atoms with Crippen molar-refractivity contribution in [2.75, 3.05) is 6.54 Å². The smallest absolute Gasteiger partial charge is 0.254 e. The SMILES string of the molecule is CC(=O)NCc1ccc(C(=O)N2CCc3sccc3C2c2cccs2)cc1. The van der Waals surface area contributed by atoms with E-state index in [4.69, 9.17) is 0 Å². The molecule has 3 aromatic rings. The number of nitrogens with one attached hydrogen (secondary N) is 1. The van der Waals surface area contributed by atoms with E-state index in [1.807, 2.05) is 35.2 Å². The summed E-state index contributed by atoms with van der Waals surface area (Å²) in [7, 11) is 0. The third-order valence-electron chi connectivity index (χ3n) is 4.78. The molecule has 1 aromatic carbocycles. The van der Waals surface area contributed by atoms with Gasteiger partial charge in [-0.15, -0.1) is 22.7 Å². The maximum absolute atomic E-state index is 13.3. The van der Waals surface area contributed by atoms with Crippen molar-refractivity contribution in [1.29, 1.82) is 0 Å². The van der Waals surface area contributed by atoms with Crippen LogP contribution in [0.15, 0.2) is 53.2 Å². The lowest BCUT2D eigenvalue weighted by atomic mass is 9.97. The average Bonchev–Trinajstić information content (AvgIpc) is 3.37. The zero-order chi connectivity index (χ0) is 18.8. The van der Waals surface area contributed by atoms with E-state index >= 15 is 0 Å². The van der Waals surface area contributed by atoms with Gasteiger partial charge in [-0.1, -0.05) is 18.2 Å². The van der Waals surface area contributed by atoms with Crippen molar-refractivity contribution in [3.05, 3.63) is 79.7 Å². The van der Waals surface area contributed by atoms with Crippen LogP contribution in [0.25, 0.3) is 0 Å². The van der Waals surface area contributed by atoms with E-state index in [1.54, 1.807) is 22.7 Å². The van der Waals surface area contributed by atoms with Gasteiger partial charge in [-0.2, -0.15) is 0 Å². The fourth-order valence-corrected chi connectivity index (χ4v) is 5.20. The Morgan fingerprint density at radius 3 is 2.63 bits per heavy atom. The summed E-state index contributed by atoms with van der Waals surface area (Å²) in [4.78, 5) is 28.9. The topological polar surface area (TPSA) is 49.4 Å². The standard InChI is InChI=1S/C21H20N2O2S2/c1-14(24)22-13-15-4-6-16(7-5-15)21(25)23-10-8-18-17(9-12-27-18)20(23)19-3-2-11-26-19/h2-7,9,11-12,20H,8,10,13H2,1H3,(H,22,24). The number of hydrogen-bond donors (Lipinski definition) is 1. The average molecular weight is 397 g/mol. The minimum absolute atomic E-state index is 0.00782. The van der Waals surface area contributed by atoms with Crippen molar-refractivity contribution < 1.29 is 9.59 Å². The third kappa shape index (κ3) is 3.68. The van der Waals surface area contributed by atoms with E-state index < -0.39 is 0 Å². The molecule has 1 aliphatic heterocycles. The van der Waals surface area contributed by atoms with Gasteiger partial charge in [0.1, 0.15) is 0 Å². The van der Waals surface area contributed by atoms with Gasteiger partial charge in [0, 0.05) is 35.3 Å². The Balaban J connectivity index is 1.60. The minimum atomic E-state index is -0.0613. The van der Waals surface area contributed by atoms with Gasteiger partial charge in [-0.25, -0.2) is 0 Å². The van der Waals surface area contributed by atoms with E-state index in [0.717, 1.165) is 18.5 Å². The first kappa shape index (κ1) is 17.9. The van der Waals surface area contributed by atoms with E-state index in [-0.39, 0.29) is 17.9 Å². The van der Waals surface area contributed by atoms with Gasteiger partial charge >= 0.3 is 0 Å². The van der Waals surface area contributed by atoms with Crippen molar-refractivity contribution in [3.8, 4) is 0 Å². The Labute approximate surface area is 166 Å². The lowest BCUT2D eigenvalue weighted by molar-refractivity contribution is -0.119. The van der Waals surface area contributed by atoms with Crippen molar-refractivity contribution >= 4 is 34.5 Å². The molecule has 1 atom stereocenters. The molecule has 0 aliphatic carbocycles. The molecule has 0 spiro atoms. The molecule has 2 aromatic heterocycles. The molecule has 27 heavy (non-hydrogen) atoms. The number of rotatable bonds is 4. The van der Waals surface area contributed by atoms with Crippen LogP contribution in [0.1, 0.15) is 44.2 Å². The summed E-state index contributed by atoms with van der Waals surface area (Å²) in [6.45, 7) is 2.70. The molecule has 2 amide bonds. The van der Waals surface area contributed by atoms with Gasteiger partial charge in [0.05, 0.1) is 6.04 Å². The first-order valence-electron chi connectivity index (χ1n) is 8.87. The number of amides is 2. The quantitative estimate of drug-likeness (QED) is 0.717. The molecule has 0 saturated heterocycles. The Morgan fingerprint density at radius 1 is 1.11 bits per heavy atom. The van der Waals surface area contributed by atoms with Crippen LogP contribution in [0.2, 0.25) is 0 Å². The van der Waals surface area contributed by atoms with Crippen LogP contribution >= 0.6 is 22.7 Å². The summed E-state index contributed by atoms with van der Waals surface area (Å²) in [6.07, 6.45) is 0.904. The Bertz CT molecular complexity index is 945. The Morgan fingerprint density at radius 2 is 1.93 bits per heavy atom. The van der Waals surface area contributed by atoms with E-state index in [9.17, 15) is 9.59 Å². The van der Waals surface area contributed by atoms with Crippen LogP contribution in [-0.2, 0) is 17.8 Å². The second-order valence-electron chi connectivity index (χ2n) is 6.57. The van der Waals surface area contributed by atoms with E-state index in [0.29, 0.717) is 12.1 Å². The Kier molecular flexibility index (Phi) is 5.09. The highest BCUT2D eigenvalue weighted by Crippen LogP contribution is 2.40. The number of carbonyl (C=O) groups excluding carboxylic acids is 2. The van der Waals surface area contributed by atoms with Gasteiger partial charge < -0.3 is 10.2 Å². The molecule has 138 valence electrons. The molecule has 6 heteroatoms. The van der Waals surface area contributed by atoms with Crippen LogP contribution in [-0.4, -0.2) is 23.3 Å². The predicted octanol–water partition coefficient (Wildman–Crippen LogP) is 4.23. The summed E-state index contributed by atoms with van der Waals surface area (Å²) < 4.78 is 0. The second kappa shape index (κ2) is 7.66. The van der Waals surface area contributed by atoms with Gasteiger partial charge in [0.25, 0.3) is 5.91 Å². The molecule has 4 nitrogen and oxygen atoms in total. The third-order valence-corrected chi connectivity index (χ3v) is 6.70. The highest BCUT2D eigenvalue weighted by atomic mass is 32.1. The van der Waals surface area contributed by atoms with Crippen LogP contribution < -0.4 is 5.32 Å². The number of carbonyl (C=O) groups is 2. The van der Waals surface area contributed by atoms with Crippen molar-refractivity contribution in [2.24, 2.45) is 0 Å². The fourth-order valence-electron chi connectivity index (χ4n) is 3.45. The maximum atomic E-state index is 13.3. The van der Waals surface area contributed by atoms with Gasteiger partial charge in [0.2, 0.25) is 5.91 Å². The highest BCUT2D eigenvalue weighted by molar-refractivity contribution is 7.10. The molecule has 0 saturated carbocycles. The molecule has 1 aliphatic rings. The van der Waals surface area contributed by atoms with E-state index in [1.165, 1.54) is 22.2 Å². The molecular formula is C21H20N2O2S2. The summed E-state index contributed by atoms with van der Waals surface area (Å²) in [5, 5.41) is 6.96. The largest absolute Gasteiger partial charge is 0.352 e. The van der Waals surface area contributed by atoms with Gasteiger partial charge in [-0.3, -0.25) is 9.59 Å². The zero-order valence-corrected chi connectivity index (χ0v) is 16.6. The molecule has 0 fully saturated rings. The molecule has 0 radical (unpaired) electrons. The van der Waals surface area contributed by atoms with Crippen molar-refractivity contribution in [1.82, 2.24) is 10.2 Å². The van der Waals surface area contributed by atoms with Gasteiger partial charge in [-0.05, 0) is 52.6 Å². The number of benzene rings is 1. The summed E-state index contributed by atoms with van der Waals surface area (Å²) in [6, 6.07) is 13.8. The normalized spacial score (nSPS) is 16.0. The van der Waals surface area contributed by atoms with Crippen LogP contribution in [0.4, 0.5) is 0 Å². The summed E-state index contributed by atoms with van der Waals surface area (Å²) in [5.74, 6) is -0.00912. The molecule has 1 N–H and O–H groups in total. The first-order valence-corrected chi connectivity index (χ1v) is 10.6. The first-order chi connectivity index (χ1) is 13.1. The molecule has 3 heterocycles. The van der Waals surface area contributed by atoms with E-state index in [2.05, 4.69) is 28.2 Å². The zero-order valence-electron chi connectivity index (χ0n) is 15.0. The lowest BCUT2D eigenvalue weighted by Gasteiger charge is -2.35. The molecular weight excluding hydrogens is 376 g/mol. The fraction of sp³-hybridized carbons (Fsp3) is 0.238. The Hall–Kier alpha value is -2.44. The molecule has 0 bridgehead atoms. The van der Waals surface area contributed by atoms with Crippen LogP contribution in [0.3, 0.4) is 0 Å². The number of hydrogen-bond acceptors (Lipinski definition) is 4. The summed E-state index contributed by atoms with van der Waals surface area (Å²) >= 11 is 3.47. The van der Waals surface area contributed by atoms with Gasteiger partial charge in [0.15, 0.2) is 0 Å². The number of nitrogens with zero attached hydrogens (tertiary/aromatic N) is 1. The van der Waals surface area contributed by atoms with Crippen LogP contribution in [0.5, 0.6) is 0 Å². The number of thiophene rings is 2. The monoisotopic (exact) mass is 396 g/mol. The minimum Gasteiger partial charge on any atom is -0.352 e. The number of fused-ring (bicyclic) bond motifs is 1. The van der Waals surface area contributed by atoms with Crippen molar-refractivity contribution in [3.63, 3.8) is 0 Å². The van der Waals surface area contributed by atoms with Crippen molar-refractivity contribution in [2.45, 2.75) is 25.9 Å². The maximum Gasteiger partial charge on any atom is 0.254 e. The molecule has 4 rings (SSSR count). The predicted molar refractivity (Wildman–Crippen MR) is 109 cm³/mol. The second-order valence-corrected chi connectivity index (χ2v) is 8.55. The lowest BCUT2D eigenvalue weighted by Crippen LogP contribution is -2.39. The van der Waals surface area contributed by atoms with Crippen LogP contribution in [0, 0.1) is 0 Å². The highest BCUT2D eigenvalue weighted by Gasteiger charge is 2.33. The molecule has 1 unspecified atom stereocenters. The summed E-state index contributed by atoms with van der Waals surface area (Å²) in [5.41, 5.74) is 2.92.